The number of likely N-dealkylation sites (N-methyl/N-ethyl adjacent to an activating group) is 1. The van der Waals surface area contributed by atoms with E-state index in [2.05, 4.69) is 21.7 Å². The van der Waals surface area contributed by atoms with Gasteiger partial charge in [0.1, 0.15) is 0 Å². The highest BCUT2D eigenvalue weighted by Gasteiger charge is 2.34. The maximum Gasteiger partial charge on any atom is 0.0914 e. The number of nitrogens with zero attached hydrogens (tertiary/aromatic N) is 4. The number of hydrogen-bond donors (Lipinski definition) is 0. The van der Waals surface area contributed by atoms with Gasteiger partial charge in [0.15, 0.2) is 0 Å². The van der Waals surface area contributed by atoms with Crippen molar-refractivity contribution in [1.82, 2.24) is 14.7 Å². The molecular formula is C14H30N4. The molecule has 6 rings (SSSR count). The topological polar surface area (TPSA) is 9.72 Å². The first-order valence-electron chi connectivity index (χ1n) is 7.24. The zero-order valence-electron chi connectivity index (χ0n) is 12.3. The van der Waals surface area contributed by atoms with Gasteiger partial charge in [-0.25, -0.2) is 0 Å². The highest BCUT2D eigenvalue weighted by Crippen LogP contribution is 2.15. The summed E-state index contributed by atoms with van der Waals surface area (Å²) in [5, 5.41) is 0. The van der Waals surface area contributed by atoms with Gasteiger partial charge in [-0.15, -0.1) is 0 Å². The predicted molar refractivity (Wildman–Crippen MR) is 76.5 cm³/mol. The largest absolute Gasteiger partial charge is 0.358 e. The van der Waals surface area contributed by atoms with Crippen LogP contribution in [0.2, 0.25) is 0 Å². The lowest BCUT2D eigenvalue weighted by molar-refractivity contribution is -0.922. The highest BCUT2D eigenvalue weighted by molar-refractivity contribution is 4.78. The Labute approximate surface area is 113 Å². The zero-order valence-corrected chi connectivity index (χ0v) is 12.3. The Hall–Kier alpha value is -0.160. The molecule has 6 saturated heterocycles. The third-order valence-electron chi connectivity index (χ3n) is 5.07. The maximum absolute atomic E-state index is 2.57. The van der Waals surface area contributed by atoms with Gasteiger partial charge in [-0.1, -0.05) is 0 Å². The van der Waals surface area contributed by atoms with Gasteiger partial charge < -0.3 is 11.9 Å². The second-order valence-electron chi connectivity index (χ2n) is 6.32. The number of fused-ring (bicyclic) bond motifs is 6. The van der Waals surface area contributed by atoms with Gasteiger partial charge in [0.2, 0.25) is 0 Å². The smallest absolute Gasteiger partial charge is 0.0914 e. The normalized spacial score (nSPS) is 44.8. The van der Waals surface area contributed by atoms with Gasteiger partial charge in [-0.3, -0.25) is 14.7 Å². The van der Waals surface area contributed by atoms with Crippen LogP contribution in [0.1, 0.15) is 0 Å². The lowest BCUT2D eigenvalue weighted by Gasteiger charge is -2.48. The monoisotopic (exact) mass is 254 g/mol. The van der Waals surface area contributed by atoms with E-state index in [9.17, 15) is 0 Å². The Morgan fingerprint density at radius 1 is 0.556 bits per heavy atom. The Morgan fingerprint density at radius 2 is 0.833 bits per heavy atom. The van der Waals surface area contributed by atoms with Crippen LogP contribution in [0.3, 0.4) is 0 Å². The molecule has 0 unspecified atom stereocenters. The summed E-state index contributed by atoms with van der Waals surface area (Å²) in [6.07, 6.45) is 0. The lowest BCUT2D eigenvalue weighted by Crippen LogP contribution is -2.65. The Morgan fingerprint density at radius 3 is 1.00 bits per heavy atom. The summed E-state index contributed by atoms with van der Waals surface area (Å²) in [5.74, 6) is 0. The third-order valence-corrected chi connectivity index (χ3v) is 5.07. The molecule has 0 aromatic carbocycles. The van der Waals surface area contributed by atoms with Crippen molar-refractivity contribution >= 4 is 0 Å². The van der Waals surface area contributed by atoms with Crippen molar-refractivity contribution in [1.29, 1.82) is 0 Å². The minimum atomic E-state index is 0. The fraction of sp³-hybridized carbons (Fsp3) is 0.929. The number of hydrogen-bond acceptors (Lipinski definition) is 3. The number of rotatable bonds is 0. The SMILES string of the molecule is C1CN2CCN1CC2.C[N+]12CCN(CC1)CC2.[CH3-]. The van der Waals surface area contributed by atoms with E-state index >= 15 is 0 Å². The minimum absolute atomic E-state index is 0. The number of quaternary nitrogens is 1. The van der Waals surface area contributed by atoms with Crippen molar-refractivity contribution in [2.24, 2.45) is 0 Å². The van der Waals surface area contributed by atoms with Gasteiger partial charge in [0.25, 0.3) is 0 Å². The van der Waals surface area contributed by atoms with Crippen LogP contribution in [-0.2, 0) is 0 Å². The average Bonchev–Trinajstić information content (AvgIpc) is 2.43. The second-order valence-corrected chi connectivity index (χ2v) is 6.32. The van der Waals surface area contributed by atoms with Gasteiger partial charge in [0.05, 0.1) is 26.7 Å². The maximum atomic E-state index is 2.57. The zero-order chi connectivity index (χ0) is 11.7. The summed E-state index contributed by atoms with van der Waals surface area (Å²) < 4.78 is 1.34. The van der Waals surface area contributed by atoms with E-state index in [1.165, 1.54) is 83.0 Å². The molecule has 4 bridgehead atoms. The Kier molecular flexibility index (Phi) is 4.64. The molecule has 4 nitrogen and oxygen atoms in total. The van der Waals surface area contributed by atoms with Gasteiger partial charge in [-0.2, -0.15) is 0 Å². The molecule has 0 saturated carbocycles. The van der Waals surface area contributed by atoms with Crippen LogP contribution < -0.4 is 0 Å². The van der Waals surface area contributed by atoms with Crippen molar-refractivity contribution in [3.63, 3.8) is 0 Å². The molecule has 6 fully saturated rings. The third kappa shape index (κ3) is 3.23. The molecule has 6 heterocycles. The molecular weight excluding hydrogens is 224 g/mol. The molecule has 0 aromatic rings. The predicted octanol–water partition coefficient (Wildman–Crippen LogP) is -0.170. The van der Waals surface area contributed by atoms with Gasteiger partial charge in [-0.05, 0) is 0 Å². The molecule has 0 atom stereocenters. The molecule has 0 radical (unpaired) electrons. The van der Waals surface area contributed by atoms with Crippen LogP contribution in [0.4, 0.5) is 0 Å². The molecule has 0 aliphatic carbocycles. The van der Waals surface area contributed by atoms with E-state index in [0.29, 0.717) is 0 Å². The lowest BCUT2D eigenvalue weighted by atomic mass is 10.2. The molecule has 6 aliphatic rings. The highest BCUT2D eigenvalue weighted by atomic mass is 15.4. The van der Waals surface area contributed by atoms with E-state index in [1.54, 1.807) is 0 Å². The summed E-state index contributed by atoms with van der Waals surface area (Å²) >= 11 is 0. The van der Waals surface area contributed by atoms with Crippen LogP contribution in [0.5, 0.6) is 0 Å². The van der Waals surface area contributed by atoms with E-state index in [1.807, 2.05) is 0 Å². The van der Waals surface area contributed by atoms with Crippen molar-refractivity contribution in [3.05, 3.63) is 7.43 Å². The summed E-state index contributed by atoms with van der Waals surface area (Å²) in [7, 11) is 2.39. The van der Waals surface area contributed by atoms with E-state index < -0.39 is 0 Å². The van der Waals surface area contributed by atoms with Crippen LogP contribution in [0.25, 0.3) is 0 Å². The first-order valence-corrected chi connectivity index (χ1v) is 7.24. The summed E-state index contributed by atoms with van der Waals surface area (Å²) in [5.41, 5.74) is 0. The van der Waals surface area contributed by atoms with Crippen molar-refractivity contribution in [2.45, 2.75) is 0 Å². The average molecular weight is 254 g/mol. The molecule has 4 heteroatoms. The molecule has 0 amide bonds. The fourth-order valence-corrected chi connectivity index (χ4v) is 3.34. The first kappa shape index (κ1) is 14.3. The quantitative estimate of drug-likeness (QED) is 0.439. The van der Waals surface area contributed by atoms with Crippen molar-refractivity contribution in [3.8, 4) is 0 Å². The van der Waals surface area contributed by atoms with Crippen LogP contribution in [0.15, 0.2) is 0 Å². The number of piperazine rings is 6. The first-order chi connectivity index (χ1) is 8.23. The van der Waals surface area contributed by atoms with Crippen LogP contribution >= 0.6 is 0 Å². The van der Waals surface area contributed by atoms with Crippen LogP contribution in [0, 0.1) is 7.43 Å². The van der Waals surface area contributed by atoms with Gasteiger partial charge >= 0.3 is 0 Å². The summed E-state index contributed by atoms with van der Waals surface area (Å²) in [4.78, 5) is 7.66. The molecule has 106 valence electrons. The second kappa shape index (κ2) is 5.87. The van der Waals surface area contributed by atoms with Crippen LogP contribution in [-0.4, -0.2) is 105 Å². The standard InChI is InChI=1S/C7H15N2.C6H12N2.CH3/c1-9-5-2-8(3-6-9)4-7-9;1-2-8-5-3-7(1)4-6-8;/h2-7H2,1H3;1-6H2;1H3/q+1;;-1. The molecule has 0 spiro atoms. The minimum Gasteiger partial charge on any atom is -0.358 e. The Balaban J connectivity index is 0.000000127. The molecule has 0 aromatic heterocycles. The van der Waals surface area contributed by atoms with Gasteiger partial charge in [0, 0.05) is 58.9 Å². The van der Waals surface area contributed by atoms with E-state index in [4.69, 9.17) is 0 Å². The fourth-order valence-electron chi connectivity index (χ4n) is 3.34. The molecule has 6 aliphatic heterocycles. The van der Waals surface area contributed by atoms with E-state index in [0.717, 1.165) is 0 Å². The summed E-state index contributed by atoms with van der Waals surface area (Å²) in [6, 6.07) is 0. The Bertz CT molecular complexity index is 216. The molecule has 18 heavy (non-hydrogen) atoms. The molecule has 0 N–H and O–H groups in total. The van der Waals surface area contributed by atoms with Crippen molar-refractivity contribution in [2.75, 3.05) is 85.6 Å². The van der Waals surface area contributed by atoms with Crippen molar-refractivity contribution < 1.29 is 4.48 Å². The van der Waals surface area contributed by atoms with E-state index in [-0.39, 0.29) is 7.43 Å². The summed E-state index contributed by atoms with van der Waals surface area (Å²) in [6.45, 7) is 16.1.